The van der Waals surface area contributed by atoms with E-state index in [0.717, 1.165) is 12.6 Å². The molecule has 7 heteroatoms. The monoisotopic (exact) mass is 265 g/mol. The average molecular weight is 265 g/mol. The number of nitrogens with zero attached hydrogens (tertiary/aromatic N) is 1. The number of amides is 1. The molecule has 0 heterocycles. The van der Waals surface area contributed by atoms with E-state index in [-0.39, 0.29) is 29.6 Å². The van der Waals surface area contributed by atoms with Gasteiger partial charge in [0.25, 0.3) is 5.69 Å². The fourth-order valence-electron chi connectivity index (χ4n) is 1.64. The van der Waals surface area contributed by atoms with Crippen LogP contribution >= 0.6 is 0 Å². The lowest BCUT2D eigenvalue weighted by Gasteiger charge is -2.07. The van der Waals surface area contributed by atoms with Crippen LogP contribution in [-0.2, 0) is 4.79 Å². The van der Waals surface area contributed by atoms with Crippen molar-refractivity contribution in [2.75, 3.05) is 18.4 Å². The van der Waals surface area contributed by atoms with Gasteiger partial charge in [0.15, 0.2) is 0 Å². The van der Waals surface area contributed by atoms with Gasteiger partial charge in [0, 0.05) is 12.1 Å². The molecular weight excluding hydrogens is 250 g/mol. The summed E-state index contributed by atoms with van der Waals surface area (Å²) in [4.78, 5) is 21.6. The Labute approximate surface area is 109 Å². The first-order valence-corrected chi connectivity index (χ1v) is 6.04. The van der Waals surface area contributed by atoms with E-state index in [1.54, 1.807) is 0 Å². The molecule has 0 spiro atoms. The van der Waals surface area contributed by atoms with E-state index in [1.807, 2.05) is 0 Å². The predicted octanol–water partition coefficient (Wildman–Crippen LogP) is 1.24. The van der Waals surface area contributed by atoms with Gasteiger partial charge in [-0.05, 0) is 31.4 Å². The first-order chi connectivity index (χ1) is 9.06. The predicted molar refractivity (Wildman–Crippen MR) is 69.0 cm³/mol. The van der Waals surface area contributed by atoms with Crippen molar-refractivity contribution in [1.29, 1.82) is 0 Å². The third-order valence-electron chi connectivity index (χ3n) is 2.88. The highest BCUT2D eigenvalue weighted by atomic mass is 16.6. The van der Waals surface area contributed by atoms with E-state index in [0.29, 0.717) is 5.92 Å². The Morgan fingerprint density at radius 1 is 1.47 bits per heavy atom. The normalized spacial score (nSPS) is 14.1. The van der Waals surface area contributed by atoms with Gasteiger partial charge in [0.2, 0.25) is 5.91 Å². The van der Waals surface area contributed by atoms with Crippen molar-refractivity contribution in [3.8, 4) is 5.75 Å². The second kappa shape index (κ2) is 5.66. The summed E-state index contributed by atoms with van der Waals surface area (Å²) in [6.07, 6.45) is 2.39. The summed E-state index contributed by atoms with van der Waals surface area (Å²) >= 11 is 0. The summed E-state index contributed by atoms with van der Waals surface area (Å²) in [7, 11) is 0. The maximum Gasteiger partial charge on any atom is 0.271 e. The van der Waals surface area contributed by atoms with E-state index in [2.05, 4.69) is 10.6 Å². The number of hydrogen-bond acceptors (Lipinski definition) is 5. The van der Waals surface area contributed by atoms with Crippen LogP contribution in [0.1, 0.15) is 12.8 Å². The summed E-state index contributed by atoms with van der Waals surface area (Å²) in [5.41, 5.74) is -0.133. The van der Waals surface area contributed by atoms with Gasteiger partial charge in [-0.2, -0.15) is 0 Å². The van der Waals surface area contributed by atoms with E-state index >= 15 is 0 Å². The molecule has 102 valence electrons. The van der Waals surface area contributed by atoms with Crippen LogP contribution in [0.3, 0.4) is 0 Å². The first-order valence-electron chi connectivity index (χ1n) is 6.04. The number of nitro benzene ring substituents is 1. The summed E-state index contributed by atoms with van der Waals surface area (Å²) in [5.74, 6) is 0.136. The zero-order valence-electron chi connectivity index (χ0n) is 10.3. The number of hydrogen-bond donors (Lipinski definition) is 3. The minimum atomic E-state index is -0.583. The quantitative estimate of drug-likeness (QED) is 0.408. The lowest BCUT2D eigenvalue weighted by Crippen LogP contribution is -2.29. The zero-order chi connectivity index (χ0) is 13.8. The third kappa shape index (κ3) is 3.92. The fraction of sp³-hybridized carbons (Fsp3) is 0.417. The molecular formula is C12H15N3O4. The molecule has 0 atom stereocenters. The molecule has 0 aliphatic heterocycles. The van der Waals surface area contributed by atoms with Crippen molar-refractivity contribution in [2.24, 2.45) is 5.92 Å². The summed E-state index contributed by atoms with van der Waals surface area (Å²) in [6, 6.07) is 3.50. The second-order valence-electron chi connectivity index (χ2n) is 4.58. The highest BCUT2D eigenvalue weighted by Crippen LogP contribution is 2.28. The Morgan fingerprint density at radius 3 is 2.84 bits per heavy atom. The molecule has 0 bridgehead atoms. The standard InChI is InChI=1S/C12H15N3O4/c16-11-4-3-9(15(18)19)5-10(11)14-12(17)7-13-6-8-1-2-8/h3-5,8,13,16H,1-2,6-7H2,(H,14,17). The number of non-ortho nitro benzene ring substituents is 1. The number of carbonyl (C=O) groups excluding carboxylic acids is 1. The Balaban J connectivity index is 1.90. The maximum atomic E-state index is 11.6. The van der Waals surface area contributed by atoms with Gasteiger partial charge in [0.1, 0.15) is 5.75 Å². The van der Waals surface area contributed by atoms with Crippen molar-refractivity contribution in [3.05, 3.63) is 28.3 Å². The molecule has 1 aromatic rings. The smallest absolute Gasteiger partial charge is 0.271 e. The number of phenols is 1. The Bertz CT molecular complexity index is 500. The van der Waals surface area contributed by atoms with Gasteiger partial charge in [-0.1, -0.05) is 0 Å². The minimum absolute atomic E-state index is 0.0485. The molecule has 0 unspecified atom stereocenters. The number of phenolic OH excluding ortho intramolecular Hbond substituents is 1. The van der Waals surface area contributed by atoms with Crippen LogP contribution in [0.15, 0.2) is 18.2 Å². The van der Waals surface area contributed by atoms with Crippen LogP contribution in [0.4, 0.5) is 11.4 Å². The van der Waals surface area contributed by atoms with Gasteiger partial charge in [-0.25, -0.2) is 0 Å². The van der Waals surface area contributed by atoms with E-state index in [9.17, 15) is 20.0 Å². The molecule has 0 radical (unpaired) electrons. The Hall–Kier alpha value is -2.15. The fourth-order valence-corrected chi connectivity index (χ4v) is 1.64. The van der Waals surface area contributed by atoms with Crippen LogP contribution in [0.25, 0.3) is 0 Å². The summed E-state index contributed by atoms with van der Waals surface area (Å²) in [6.45, 7) is 0.924. The van der Waals surface area contributed by atoms with Crippen molar-refractivity contribution < 1.29 is 14.8 Å². The van der Waals surface area contributed by atoms with Crippen LogP contribution in [0.5, 0.6) is 5.75 Å². The summed E-state index contributed by atoms with van der Waals surface area (Å²) in [5, 5.41) is 25.6. The SMILES string of the molecule is O=C(CNCC1CC1)Nc1cc([N+](=O)[O-])ccc1O. The minimum Gasteiger partial charge on any atom is -0.506 e. The van der Waals surface area contributed by atoms with Crippen LogP contribution in [0, 0.1) is 16.0 Å². The van der Waals surface area contributed by atoms with Gasteiger partial charge in [-0.3, -0.25) is 14.9 Å². The van der Waals surface area contributed by atoms with Crippen LogP contribution in [-0.4, -0.2) is 29.0 Å². The van der Waals surface area contributed by atoms with Crippen LogP contribution < -0.4 is 10.6 Å². The number of rotatable bonds is 6. The zero-order valence-corrected chi connectivity index (χ0v) is 10.3. The number of nitrogens with one attached hydrogen (secondary N) is 2. The lowest BCUT2D eigenvalue weighted by molar-refractivity contribution is -0.384. The highest BCUT2D eigenvalue weighted by molar-refractivity contribution is 5.94. The van der Waals surface area contributed by atoms with Gasteiger partial charge >= 0.3 is 0 Å². The van der Waals surface area contributed by atoms with E-state index in [1.165, 1.54) is 25.0 Å². The number of anilines is 1. The average Bonchev–Trinajstić information content (AvgIpc) is 3.15. The molecule has 7 nitrogen and oxygen atoms in total. The molecule has 1 aromatic carbocycles. The van der Waals surface area contributed by atoms with Crippen molar-refractivity contribution in [2.45, 2.75) is 12.8 Å². The lowest BCUT2D eigenvalue weighted by atomic mass is 10.2. The Kier molecular flexibility index (Phi) is 3.96. The molecule has 1 aliphatic carbocycles. The molecule has 19 heavy (non-hydrogen) atoms. The number of nitro groups is 1. The topological polar surface area (TPSA) is 104 Å². The van der Waals surface area contributed by atoms with Crippen molar-refractivity contribution in [3.63, 3.8) is 0 Å². The Morgan fingerprint density at radius 2 is 2.21 bits per heavy atom. The van der Waals surface area contributed by atoms with E-state index < -0.39 is 4.92 Å². The third-order valence-corrected chi connectivity index (χ3v) is 2.88. The molecule has 0 saturated heterocycles. The van der Waals surface area contributed by atoms with Crippen LogP contribution in [0.2, 0.25) is 0 Å². The molecule has 1 saturated carbocycles. The summed E-state index contributed by atoms with van der Waals surface area (Å²) < 4.78 is 0. The highest BCUT2D eigenvalue weighted by Gasteiger charge is 2.20. The molecule has 1 aliphatic rings. The molecule has 1 amide bonds. The largest absolute Gasteiger partial charge is 0.506 e. The van der Waals surface area contributed by atoms with Gasteiger partial charge in [0.05, 0.1) is 17.2 Å². The molecule has 2 rings (SSSR count). The number of carbonyl (C=O) groups is 1. The first kappa shape index (κ1) is 13.3. The number of benzene rings is 1. The maximum absolute atomic E-state index is 11.6. The van der Waals surface area contributed by atoms with Crippen molar-refractivity contribution >= 4 is 17.3 Å². The molecule has 1 fully saturated rings. The molecule has 0 aromatic heterocycles. The van der Waals surface area contributed by atoms with Gasteiger partial charge in [-0.15, -0.1) is 0 Å². The van der Waals surface area contributed by atoms with E-state index in [4.69, 9.17) is 0 Å². The molecule has 3 N–H and O–H groups in total. The van der Waals surface area contributed by atoms with Crippen molar-refractivity contribution in [1.82, 2.24) is 5.32 Å². The van der Waals surface area contributed by atoms with Gasteiger partial charge < -0.3 is 15.7 Å². The number of aromatic hydroxyl groups is 1. The second-order valence-corrected chi connectivity index (χ2v) is 4.58.